The van der Waals surface area contributed by atoms with E-state index in [0.29, 0.717) is 37.0 Å². The third-order valence-electron chi connectivity index (χ3n) is 7.07. The van der Waals surface area contributed by atoms with E-state index in [1.807, 2.05) is 30.3 Å². The number of hydrogen-bond acceptors (Lipinski definition) is 5. The van der Waals surface area contributed by atoms with E-state index in [-0.39, 0.29) is 0 Å². The topological polar surface area (TPSA) is 104 Å². The average Bonchev–Trinajstić information content (AvgIpc) is 3.24. The molecule has 4 rings (SSSR count). The van der Waals surface area contributed by atoms with Crippen LogP contribution in [0.2, 0.25) is 0 Å². The van der Waals surface area contributed by atoms with Crippen LogP contribution in [0, 0.1) is 5.92 Å². The summed E-state index contributed by atoms with van der Waals surface area (Å²) in [5.41, 5.74) is 15.7. The number of ether oxygens (including phenoxy) is 1. The summed E-state index contributed by atoms with van der Waals surface area (Å²) in [5.74, 6) is 1.36. The van der Waals surface area contributed by atoms with Gasteiger partial charge in [-0.2, -0.15) is 4.31 Å². The molecule has 0 amide bonds. The molecule has 1 saturated heterocycles. The van der Waals surface area contributed by atoms with Gasteiger partial charge in [0.25, 0.3) is 0 Å². The number of sulfonamides is 1. The lowest BCUT2D eigenvalue weighted by Gasteiger charge is -2.30. The minimum atomic E-state index is -3.56. The monoisotopic (exact) mass is 484 g/mol. The van der Waals surface area contributed by atoms with Crippen LogP contribution in [0.5, 0.6) is 5.75 Å². The third-order valence-corrected chi connectivity index (χ3v) is 8.96. The van der Waals surface area contributed by atoms with Crippen molar-refractivity contribution >= 4 is 20.9 Å². The fraction of sp³-hybridized carbons (Fsp3) is 0.462. The molecular weight excluding hydrogens is 448 g/mol. The molecule has 0 aliphatic carbocycles. The smallest absolute Gasteiger partial charge is 0.243 e. The zero-order chi connectivity index (χ0) is 24.3. The van der Waals surface area contributed by atoms with Crippen LogP contribution in [0.1, 0.15) is 38.2 Å². The number of aromatic nitrogens is 1. The summed E-state index contributed by atoms with van der Waals surface area (Å²) >= 11 is 0. The summed E-state index contributed by atoms with van der Waals surface area (Å²) in [6.45, 7) is 5.04. The molecule has 3 aromatic rings. The first-order chi connectivity index (χ1) is 16.4. The van der Waals surface area contributed by atoms with Crippen LogP contribution in [0.4, 0.5) is 0 Å². The molecule has 0 radical (unpaired) electrons. The highest BCUT2D eigenvalue weighted by Crippen LogP contribution is 2.36. The van der Waals surface area contributed by atoms with Gasteiger partial charge in [-0.3, -0.25) is 0 Å². The SMILES string of the molecule is CCC1CCN(S(=O)(=O)c2ccc3c(c2)c(-c2ccc(OC)cc2CN)cn3CCCN)CC1. The van der Waals surface area contributed by atoms with Gasteiger partial charge in [-0.1, -0.05) is 19.4 Å². The van der Waals surface area contributed by atoms with Crippen molar-refractivity contribution in [3.8, 4) is 16.9 Å². The molecule has 2 aromatic carbocycles. The maximum Gasteiger partial charge on any atom is 0.243 e. The average molecular weight is 485 g/mol. The van der Waals surface area contributed by atoms with E-state index >= 15 is 0 Å². The van der Waals surface area contributed by atoms with E-state index in [2.05, 4.69) is 17.7 Å². The standard InChI is InChI=1S/C26H36N4O3S/c1-3-19-9-13-30(14-10-19)34(31,32)22-6-8-26-24(16-22)25(18-29(26)12-4-11-27)23-7-5-21(33-2)15-20(23)17-28/h5-8,15-16,18-19H,3-4,9-14,17,27-28H2,1-2H3. The largest absolute Gasteiger partial charge is 0.497 e. The summed E-state index contributed by atoms with van der Waals surface area (Å²) in [7, 11) is -1.93. The van der Waals surface area contributed by atoms with Crippen LogP contribution in [-0.4, -0.2) is 44.0 Å². The second-order valence-corrected chi connectivity index (χ2v) is 11.0. The summed E-state index contributed by atoms with van der Waals surface area (Å²) < 4.78 is 36.2. The Bertz CT molecular complexity index is 1240. The Morgan fingerprint density at radius 1 is 1.06 bits per heavy atom. The predicted octanol–water partition coefficient (Wildman–Crippen LogP) is 3.94. The molecule has 2 heterocycles. The molecule has 1 aliphatic heterocycles. The van der Waals surface area contributed by atoms with E-state index in [9.17, 15) is 8.42 Å². The zero-order valence-electron chi connectivity index (χ0n) is 20.2. The van der Waals surface area contributed by atoms with Crippen molar-refractivity contribution in [3.63, 3.8) is 0 Å². The number of hydrogen-bond donors (Lipinski definition) is 2. The fourth-order valence-corrected chi connectivity index (χ4v) is 6.43. The van der Waals surface area contributed by atoms with Gasteiger partial charge in [-0.25, -0.2) is 8.42 Å². The van der Waals surface area contributed by atoms with E-state index in [4.69, 9.17) is 16.2 Å². The van der Waals surface area contributed by atoms with Crippen molar-refractivity contribution in [2.24, 2.45) is 17.4 Å². The fourth-order valence-electron chi connectivity index (χ4n) is 4.93. The highest BCUT2D eigenvalue weighted by molar-refractivity contribution is 7.89. The van der Waals surface area contributed by atoms with Gasteiger partial charge < -0.3 is 20.8 Å². The van der Waals surface area contributed by atoms with Gasteiger partial charge in [0.2, 0.25) is 10.0 Å². The number of aryl methyl sites for hydroxylation is 1. The highest BCUT2D eigenvalue weighted by atomic mass is 32.2. The molecule has 0 spiro atoms. The van der Waals surface area contributed by atoms with Gasteiger partial charge in [0, 0.05) is 48.8 Å². The number of rotatable bonds is 9. The Labute approximate surface area is 202 Å². The molecule has 1 aliphatic rings. The van der Waals surface area contributed by atoms with Gasteiger partial charge in [0.1, 0.15) is 5.75 Å². The molecule has 1 fully saturated rings. The first-order valence-electron chi connectivity index (χ1n) is 12.1. The Balaban J connectivity index is 1.81. The van der Waals surface area contributed by atoms with Gasteiger partial charge in [0.15, 0.2) is 0 Å². The van der Waals surface area contributed by atoms with Gasteiger partial charge in [0.05, 0.1) is 12.0 Å². The van der Waals surface area contributed by atoms with Crippen LogP contribution in [0.25, 0.3) is 22.0 Å². The second-order valence-electron chi connectivity index (χ2n) is 9.04. The lowest BCUT2D eigenvalue weighted by molar-refractivity contribution is 0.269. The van der Waals surface area contributed by atoms with Gasteiger partial charge >= 0.3 is 0 Å². The number of fused-ring (bicyclic) bond motifs is 1. The van der Waals surface area contributed by atoms with E-state index in [0.717, 1.165) is 65.6 Å². The maximum atomic E-state index is 13.5. The van der Waals surface area contributed by atoms with Crippen molar-refractivity contribution in [1.29, 1.82) is 0 Å². The van der Waals surface area contributed by atoms with E-state index in [1.165, 1.54) is 0 Å². The zero-order valence-corrected chi connectivity index (χ0v) is 21.0. The van der Waals surface area contributed by atoms with E-state index < -0.39 is 10.0 Å². The van der Waals surface area contributed by atoms with Crippen molar-refractivity contribution in [2.45, 2.75) is 50.6 Å². The van der Waals surface area contributed by atoms with Crippen LogP contribution in [0.3, 0.4) is 0 Å². The van der Waals surface area contributed by atoms with Crippen LogP contribution in [-0.2, 0) is 23.1 Å². The molecule has 34 heavy (non-hydrogen) atoms. The van der Waals surface area contributed by atoms with Crippen LogP contribution in [0.15, 0.2) is 47.5 Å². The molecule has 1 aromatic heterocycles. The van der Waals surface area contributed by atoms with Crippen molar-refractivity contribution in [2.75, 3.05) is 26.7 Å². The predicted molar refractivity (Wildman–Crippen MR) is 137 cm³/mol. The quantitative estimate of drug-likeness (QED) is 0.479. The van der Waals surface area contributed by atoms with Crippen LogP contribution < -0.4 is 16.2 Å². The molecule has 4 N–H and O–H groups in total. The van der Waals surface area contributed by atoms with Crippen molar-refractivity contribution in [3.05, 3.63) is 48.2 Å². The number of methoxy groups -OCH3 is 1. The lowest BCUT2D eigenvalue weighted by Crippen LogP contribution is -2.38. The Kier molecular flexibility index (Phi) is 7.62. The Hall–Kier alpha value is -2.39. The second kappa shape index (κ2) is 10.5. The molecular formula is C26H36N4O3S. The number of piperidine rings is 1. The number of benzene rings is 2. The summed E-state index contributed by atoms with van der Waals surface area (Å²) in [4.78, 5) is 0.343. The summed E-state index contributed by atoms with van der Waals surface area (Å²) in [6, 6.07) is 11.3. The number of nitrogens with two attached hydrogens (primary N) is 2. The van der Waals surface area contributed by atoms with E-state index in [1.54, 1.807) is 17.5 Å². The normalized spacial score (nSPS) is 15.8. The molecule has 8 heteroatoms. The maximum absolute atomic E-state index is 13.5. The highest BCUT2D eigenvalue weighted by Gasteiger charge is 2.29. The van der Waals surface area contributed by atoms with Crippen LogP contribution >= 0.6 is 0 Å². The Morgan fingerprint density at radius 3 is 2.47 bits per heavy atom. The Morgan fingerprint density at radius 2 is 1.82 bits per heavy atom. The first kappa shape index (κ1) is 24.7. The molecule has 0 atom stereocenters. The molecule has 184 valence electrons. The third kappa shape index (κ3) is 4.73. The van der Waals surface area contributed by atoms with Crippen molar-refractivity contribution < 1.29 is 13.2 Å². The van der Waals surface area contributed by atoms with Crippen molar-refractivity contribution in [1.82, 2.24) is 8.87 Å². The lowest BCUT2D eigenvalue weighted by atomic mass is 9.96. The summed E-state index contributed by atoms with van der Waals surface area (Å²) in [6.07, 6.45) is 5.87. The summed E-state index contributed by atoms with van der Waals surface area (Å²) in [5, 5.41) is 0.904. The first-order valence-corrected chi connectivity index (χ1v) is 13.6. The minimum Gasteiger partial charge on any atom is -0.497 e. The molecule has 0 saturated carbocycles. The van der Waals surface area contributed by atoms with Gasteiger partial charge in [-0.05, 0) is 73.2 Å². The molecule has 7 nitrogen and oxygen atoms in total. The molecule has 0 unspecified atom stereocenters. The number of nitrogens with zero attached hydrogens (tertiary/aromatic N) is 2. The minimum absolute atomic E-state index is 0.343. The molecule has 0 bridgehead atoms. The van der Waals surface area contributed by atoms with Gasteiger partial charge in [-0.15, -0.1) is 0 Å².